The molecule has 0 saturated carbocycles. The van der Waals surface area contributed by atoms with Gasteiger partial charge in [-0.3, -0.25) is 4.79 Å². The standard InChI is InChI=1S/C22H30N6O2S/c1-5-20(29)24-17-7-6-8-18(15-17)31-19-16-23-22(28-11-9-27(4)10-12-28)25-21(19)30-14-13-26(2)3/h5-8,15-16H,1,9-14H2,2-4H3,(H,24,29). The fraction of sp³-hybridized carbons (Fsp3) is 0.409. The fourth-order valence-corrected chi connectivity index (χ4v) is 3.84. The van der Waals surface area contributed by atoms with Crippen LogP contribution in [-0.2, 0) is 4.79 Å². The Hall–Kier alpha value is -2.62. The predicted octanol–water partition coefficient (Wildman–Crippen LogP) is 2.44. The van der Waals surface area contributed by atoms with Gasteiger partial charge in [0.15, 0.2) is 0 Å². The van der Waals surface area contributed by atoms with E-state index in [1.54, 1.807) is 0 Å². The van der Waals surface area contributed by atoms with Crippen LogP contribution in [0.2, 0.25) is 0 Å². The maximum atomic E-state index is 11.6. The average molecular weight is 443 g/mol. The van der Waals surface area contributed by atoms with Crippen molar-refractivity contribution in [2.45, 2.75) is 9.79 Å². The molecule has 1 aliphatic rings. The van der Waals surface area contributed by atoms with Crippen LogP contribution in [0.25, 0.3) is 0 Å². The second-order valence-electron chi connectivity index (χ2n) is 7.60. The van der Waals surface area contributed by atoms with Gasteiger partial charge in [-0.2, -0.15) is 4.98 Å². The van der Waals surface area contributed by atoms with Gasteiger partial charge in [0, 0.05) is 43.3 Å². The van der Waals surface area contributed by atoms with Gasteiger partial charge in [0.1, 0.15) is 6.61 Å². The topological polar surface area (TPSA) is 73.8 Å². The number of hydrogen-bond acceptors (Lipinski definition) is 8. The second kappa shape index (κ2) is 11.1. The van der Waals surface area contributed by atoms with Crippen LogP contribution < -0.4 is 15.0 Å². The van der Waals surface area contributed by atoms with E-state index in [0.29, 0.717) is 24.1 Å². The lowest BCUT2D eigenvalue weighted by Gasteiger charge is -2.32. The number of hydrogen-bond donors (Lipinski definition) is 1. The molecule has 1 saturated heterocycles. The SMILES string of the molecule is C=CC(=O)Nc1cccc(Sc2cnc(N3CCN(C)CC3)nc2OCCN(C)C)c1. The molecule has 1 N–H and O–H groups in total. The molecule has 3 rings (SSSR count). The Labute approximate surface area is 188 Å². The third-order valence-electron chi connectivity index (χ3n) is 4.79. The molecule has 8 nitrogen and oxygen atoms in total. The van der Waals surface area contributed by atoms with Gasteiger partial charge in [0.2, 0.25) is 17.7 Å². The molecule has 0 bridgehead atoms. The van der Waals surface area contributed by atoms with Crippen molar-refractivity contribution in [3.05, 3.63) is 43.1 Å². The first-order chi connectivity index (χ1) is 14.9. The van der Waals surface area contributed by atoms with Gasteiger partial charge >= 0.3 is 0 Å². The number of carbonyl (C=O) groups is 1. The third-order valence-corrected chi connectivity index (χ3v) is 5.78. The normalized spacial score (nSPS) is 14.5. The minimum Gasteiger partial charge on any atom is -0.475 e. The van der Waals surface area contributed by atoms with E-state index in [9.17, 15) is 4.79 Å². The summed E-state index contributed by atoms with van der Waals surface area (Å²) in [6.45, 7) is 8.58. The lowest BCUT2D eigenvalue weighted by atomic mass is 10.3. The predicted molar refractivity (Wildman–Crippen MR) is 125 cm³/mol. The fourth-order valence-electron chi connectivity index (χ4n) is 2.96. The number of benzene rings is 1. The molecule has 0 spiro atoms. The Morgan fingerprint density at radius 3 is 2.81 bits per heavy atom. The molecule has 9 heteroatoms. The summed E-state index contributed by atoms with van der Waals surface area (Å²) in [6, 6.07) is 7.62. The van der Waals surface area contributed by atoms with Crippen molar-refractivity contribution >= 4 is 29.3 Å². The molecule has 0 aliphatic carbocycles. The summed E-state index contributed by atoms with van der Waals surface area (Å²) in [5.74, 6) is 1.04. The van der Waals surface area contributed by atoms with Crippen molar-refractivity contribution in [3.63, 3.8) is 0 Å². The lowest BCUT2D eigenvalue weighted by molar-refractivity contribution is -0.111. The molecule has 1 aliphatic heterocycles. The Balaban J connectivity index is 1.80. The Bertz CT molecular complexity index is 899. The van der Waals surface area contributed by atoms with Crippen LogP contribution in [0.5, 0.6) is 5.88 Å². The summed E-state index contributed by atoms with van der Waals surface area (Å²) >= 11 is 1.51. The molecule has 2 aromatic rings. The molecule has 31 heavy (non-hydrogen) atoms. The molecule has 0 radical (unpaired) electrons. The molecule has 0 unspecified atom stereocenters. The van der Waals surface area contributed by atoms with Crippen LogP contribution in [0.1, 0.15) is 0 Å². The number of nitrogens with zero attached hydrogens (tertiary/aromatic N) is 5. The van der Waals surface area contributed by atoms with Crippen molar-refractivity contribution in [1.29, 1.82) is 0 Å². The van der Waals surface area contributed by atoms with Gasteiger partial charge in [-0.1, -0.05) is 24.4 Å². The van der Waals surface area contributed by atoms with E-state index in [0.717, 1.165) is 42.5 Å². The molecule has 1 amide bonds. The highest BCUT2D eigenvalue weighted by atomic mass is 32.2. The summed E-state index contributed by atoms with van der Waals surface area (Å²) in [5.41, 5.74) is 0.708. The first-order valence-electron chi connectivity index (χ1n) is 10.2. The van der Waals surface area contributed by atoms with Crippen molar-refractivity contribution in [2.24, 2.45) is 0 Å². The largest absolute Gasteiger partial charge is 0.475 e. The summed E-state index contributed by atoms with van der Waals surface area (Å²) in [6.07, 6.45) is 3.08. The quantitative estimate of drug-likeness (QED) is 0.594. The zero-order valence-corrected chi connectivity index (χ0v) is 19.2. The zero-order valence-electron chi connectivity index (χ0n) is 18.4. The molecule has 2 heterocycles. The molecular weight excluding hydrogens is 412 g/mol. The molecule has 1 aromatic carbocycles. The Kier molecular flexibility index (Phi) is 8.27. The van der Waals surface area contributed by atoms with Gasteiger partial charge in [0.05, 0.1) is 11.1 Å². The van der Waals surface area contributed by atoms with E-state index in [-0.39, 0.29) is 5.91 Å². The molecule has 1 aromatic heterocycles. The number of likely N-dealkylation sites (N-methyl/N-ethyl adjacent to an activating group) is 2. The van der Waals surface area contributed by atoms with Crippen molar-refractivity contribution in [1.82, 2.24) is 19.8 Å². The summed E-state index contributed by atoms with van der Waals surface area (Å²) in [4.78, 5) is 29.3. The van der Waals surface area contributed by atoms with Crippen LogP contribution >= 0.6 is 11.8 Å². The number of carbonyl (C=O) groups excluding carboxylic acids is 1. The number of rotatable bonds is 9. The van der Waals surface area contributed by atoms with E-state index >= 15 is 0 Å². The maximum absolute atomic E-state index is 11.6. The summed E-state index contributed by atoms with van der Waals surface area (Å²) < 4.78 is 6.05. The Morgan fingerprint density at radius 1 is 1.32 bits per heavy atom. The molecule has 166 valence electrons. The Morgan fingerprint density at radius 2 is 2.10 bits per heavy atom. The van der Waals surface area contributed by atoms with Crippen molar-refractivity contribution in [2.75, 3.05) is 70.7 Å². The number of piperazine rings is 1. The van der Waals surface area contributed by atoms with E-state index in [2.05, 4.69) is 38.6 Å². The van der Waals surface area contributed by atoms with Gasteiger partial charge in [-0.05, 0) is 45.4 Å². The van der Waals surface area contributed by atoms with Crippen LogP contribution in [0.4, 0.5) is 11.6 Å². The smallest absolute Gasteiger partial charge is 0.247 e. The second-order valence-corrected chi connectivity index (χ2v) is 8.72. The summed E-state index contributed by atoms with van der Waals surface area (Å²) in [7, 11) is 6.15. The number of ether oxygens (including phenoxy) is 1. The van der Waals surface area contributed by atoms with Gasteiger partial charge in [-0.25, -0.2) is 4.98 Å². The van der Waals surface area contributed by atoms with Gasteiger partial charge < -0.3 is 24.8 Å². The molecule has 1 fully saturated rings. The molecular formula is C22H30N6O2S. The minimum absolute atomic E-state index is 0.241. The highest BCUT2D eigenvalue weighted by molar-refractivity contribution is 7.99. The van der Waals surface area contributed by atoms with E-state index in [1.165, 1.54) is 17.8 Å². The summed E-state index contributed by atoms with van der Waals surface area (Å²) in [5, 5.41) is 2.79. The highest BCUT2D eigenvalue weighted by Gasteiger charge is 2.19. The van der Waals surface area contributed by atoms with Crippen molar-refractivity contribution in [3.8, 4) is 5.88 Å². The minimum atomic E-state index is -0.241. The number of anilines is 2. The van der Waals surface area contributed by atoms with E-state index < -0.39 is 0 Å². The lowest BCUT2D eigenvalue weighted by Crippen LogP contribution is -2.45. The average Bonchev–Trinajstić information content (AvgIpc) is 2.75. The maximum Gasteiger partial charge on any atom is 0.247 e. The zero-order chi connectivity index (χ0) is 22.2. The first kappa shape index (κ1) is 23.1. The number of nitrogens with one attached hydrogen (secondary N) is 1. The van der Waals surface area contributed by atoms with Gasteiger partial charge in [-0.15, -0.1) is 0 Å². The number of amides is 1. The van der Waals surface area contributed by atoms with E-state index in [1.807, 2.05) is 44.6 Å². The van der Waals surface area contributed by atoms with Gasteiger partial charge in [0.25, 0.3) is 0 Å². The monoisotopic (exact) mass is 442 g/mol. The van der Waals surface area contributed by atoms with Crippen LogP contribution in [0.3, 0.4) is 0 Å². The highest BCUT2D eigenvalue weighted by Crippen LogP contribution is 2.35. The van der Waals surface area contributed by atoms with Crippen molar-refractivity contribution < 1.29 is 9.53 Å². The van der Waals surface area contributed by atoms with Crippen LogP contribution in [0.15, 0.2) is 52.9 Å². The molecule has 0 atom stereocenters. The van der Waals surface area contributed by atoms with Crippen LogP contribution in [-0.4, -0.2) is 86.1 Å². The first-order valence-corrected chi connectivity index (χ1v) is 11.1. The van der Waals surface area contributed by atoms with Crippen LogP contribution in [0, 0.1) is 0 Å². The van der Waals surface area contributed by atoms with E-state index in [4.69, 9.17) is 9.72 Å². The third kappa shape index (κ3) is 6.95. The number of aromatic nitrogens is 2.